The van der Waals surface area contributed by atoms with Gasteiger partial charge in [0.2, 0.25) is 0 Å². The summed E-state index contributed by atoms with van der Waals surface area (Å²) in [4.78, 5) is 19.8. The van der Waals surface area contributed by atoms with Crippen LogP contribution in [0.5, 0.6) is 0 Å². The van der Waals surface area contributed by atoms with Crippen LogP contribution in [0.25, 0.3) is 0 Å². The molecule has 0 aliphatic carbocycles. The molecule has 0 radical (unpaired) electrons. The van der Waals surface area contributed by atoms with E-state index in [2.05, 4.69) is 0 Å². The fourth-order valence-corrected chi connectivity index (χ4v) is 1.50. The Balaban J connectivity index is -0.000000333. The Morgan fingerprint density at radius 3 is 1.35 bits per heavy atom. The second kappa shape index (κ2) is 20.3. The van der Waals surface area contributed by atoms with E-state index in [4.69, 9.17) is 23.2 Å². The zero-order valence-electron chi connectivity index (χ0n) is 13.8. The van der Waals surface area contributed by atoms with E-state index < -0.39 is 11.9 Å². The van der Waals surface area contributed by atoms with Crippen molar-refractivity contribution in [2.24, 2.45) is 0 Å². The van der Waals surface area contributed by atoms with Crippen molar-refractivity contribution in [1.82, 2.24) is 0 Å². The molecule has 0 aromatic heterocycles. The molecule has 0 N–H and O–H groups in total. The van der Waals surface area contributed by atoms with Crippen LogP contribution >= 0.6 is 23.2 Å². The van der Waals surface area contributed by atoms with Crippen molar-refractivity contribution in [2.45, 2.75) is 63.1 Å². The van der Waals surface area contributed by atoms with Gasteiger partial charge in [0.1, 0.15) is 0 Å². The Hall–Kier alpha value is 0.260. The van der Waals surface area contributed by atoms with E-state index in [1.807, 2.05) is 26.0 Å². The zero-order chi connectivity index (χ0) is 17.4. The van der Waals surface area contributed by atoms with Crippen molar-refractivity contribution in [3.63, 3.8) is 0 Å². The van der Waals surface area contributed by atoms with Gasteiger partial charge in [0.15, 0.2) is 0 Å². The first-order chi connectivity index (χ1) is 10.3. The number of halogens is 2. The summed E-state index contributed by atoms with van der Waals surface area (Å²) in [6.07, 6.45) is 10.2. The quantitative estimate of drug-likeness (QED) is 0.323. The molecule has 0 aliphatic heterocycles. The predicted octanol–water partition coefficient (Wildman–Crippen LogP) is 1.80. The summed E-state index contributed by atoms with van der Waals surface area (Å²) in [7, 11) is 0. The van der Waals surface area contributed by atoms with Gasteiger partial charge in [-0.05, 0) is 39.5 Å². The molecule has 128 valence electrons. The van der Waals surface area contributed by atoms with E-state index >= 15 is 0 Å². The van der Waals surface area contributed by atoms with Crippen molar-refractivity contribution in [2.75, 3.05) is 0 Å². The number of carboxylic acid groups (broad SMARTS) is 2. The second-order valence-corrected chi connectivity index (χ2v) is 6.30. The molecule has 0 heterocycles. The van der Waals surface area contributed by atoms with Gasteiger partial charge < -0.3 is 19.8 Å². The molecule has 23 heavy (non-hydrogen) atoms. The van der Waals surface area contributed by atoms with Gasteiger partial charge >= 0.3 is 37.7 Å². The molecule has 0 aliphatic rings. The van der Waals surface area contributed by atoms with Crippen LogP contribution in [0.2, 0.25) is 0 Å². The van der Waals surface area contributed by atoms with Gasteiger partial charge in [0.05, 0.1) is 0 Å². The van der Waals surface area contributed by atoms with Crippen molar-refractivity contribution in [3.05, 3.63) is 24.3 Å². The molecule has 0 spiro atoms. The minimum absolute atomic E-state index is 0. The third kappa shape index (κ3) is 34.6. The SMILES string of the molecule is CC(Cl)CC/C=C/CC(=O)[O-].CC(Cl)CC/C=C/CC(=O)[O-].[Ca+2]. The summed E-state index contributed by atoms with van der Waals surface area (Å²) >= 11 is 11.3. The number of hydrogen-bond donors (Lipinski definition) is 0. The molecule has 0 rings (SSSR count). The first-order valence-corrected chi connectivity index (χ1v) is 8.10. The Morgan fingerprint density at radius 2 is 1.13 bits per heavy atom. The van der Waals surface area contributed by atoms with Gasteiger partial charge in [-0.15, -0.1) is 23.2 Å². The smallest absolute Gasteiger partial charge is 0.550 e. The standard InChI is InChI=1S/2C8H13ClO2.Ca/c2*1-7(9)5-3-2-4-6-8(10)11;/h2*2,4,7H,3,5-6H2,1H3,(H,10,11);/q;;+2/p-2/b2*4-2+;. The molecule has 0 bridgehead atoms. The number of aliphatic carboxylic acids is 2. The largest absolute Gasteiger partial charge is 2.00 e. The molecule has 0 saturated heterocycles. The van der Waals surface area contributed by atoms with Gasteiger partial charge in [-0.1, -0.05) is 24.3 Å². The third-order valence-electron chi connectivity index (χ3n) is 2.36. The molecule has 2 unspecified atom stereocenters. The van der Waals surface area contributed by atoms with Crippen LogP contribution in [0.3, 0.4) is 0 Å². The number of alkyl halides is 2. The molecule has 2 atom stereocenters. The van der Waals surface area contributed by atoms with Crippen LogP contribution < -0.4 is 10.2 Å². The van der Waals surface area contributed by atoms with Crippen LogP contribution in [-0.2, 0) is 9.59 Å². The molecular weight excluding hydrogens is 367 g/mol. The zero-order valence-corrected chi connectivity index (χ0v) is 17.5. The van der Waals surface area contributed by atoms with Crippen LogP contribution in [0.15, 0.2) is 24.3 Å². The average molecular weight is 391 g/mol. The van der Waals surface area contributed by atoms with Gasteiger partial charge in [0.25, 0.3) is 0 Å². The van der Waals surface area contributed by atoms with Gasteiger partial charge in [-0.2, -0.15) is 0 Å². The number of carbonyl (C=O) groups is 2. The number of hydrogen-bond acceptors (Lipinski definition) is 4. The summed E-state index contributed by atoms with van der Waals surface area (Å²) in [5.41, 5.74) is 0. The average Bonchev–Trinajstić information content (AvgIpc) is 2.37. The first kappa shape index (κ1) is 28.1. The Bertz CT molecular complexity index is 322. The Morgan fingerprint density at radius 1 is 0.826 bits per heavy atom. The van der Waals surface area contributed by atoms with Crippen molar-refractivity contribution in [1.29, 1.82) is 0 Å². The van der Waals surface area contributed by atoms with E-state index in [0.29, 0.717) is 0 Å². The minimum Gasteiger partial charge on any atom is -0.550 e. The number of carbonyl (C=O) groups excluding carboxylic acids is 2. The van der Waals surface area contributed by atoms with Gasteiger partial charge in [-0.25, -0.2) is 0 Å². The second-order valence-electron chi connectivity index (χ2n) is 4.81. The summed E-state index contributed by atoms with van der Waals surface area (Å²) in [6, 6.07) is 0. The van der Waals surface area contributed by atoms with E-state index in [-0.39, 0.29) is 61.3 Å². The van der Waals surface area contributed by atoms with E-state index in [1.54, 1.807) is 12.2 Å². The summed E-state index contributed by atoms with van der Waals surface area (Å²) in [5, 5.41) is 20.1. The molecular formula is C16H24CaCl2O4. The van der Waals surface area contributed by atoms with Gasteiger partial charge in [-0.3, -0.25) is 0 Å². The Kier molecular flexibility index (Phi) is 24.8. The monoisotopic (exact) mass is 390 g/mol. The predicted molar refractivity (Wildman–Crippen MR) is 92.4 cm³/mol. The number of carboxylic acids is 2. The maximum Gasteiger partial charge on any atom is 2.00 e. The molecule has 0 fully saturated rings. The first-order valence-electron chi connectivity index (χ1n) is 7.23. The van der Waals surface area contributed by atoms with E-state index in [0.717, 1.165) is 25.7 Å². The van der Waals surface area contributed by atoms with Gasteiger partial charge in [0, 0.05) is 35.5 Å². The summed E-state index contributed by atoms with van der Waals surface area (Å²) in [5.74, 6) is -2.08. The van der Waals surface area contributed by atoms with Crippen molar-refractivity contribution in [3.8, 4) is 0 Å². The fourth-order valence-electron chi connectivity index (χ4n) is 1.25. The topological polar surface area (TPSA) is 80.3 Å². The van der Waals surface area contributed by atoms with Crippen LogP contribution in [0, 0.1) is 0 Å². The van der Waals surface area contributed by atoms with Crippen LogP contribution in [0.1, 0.15) is 52.4 Å². The molecule has 7 heteroatoms. The molecule has 0 aromatic carbocycles. The fraction of sp³-hybridized carbons (Fsp3) is 0.625. The van der Waals surface area contributed by atoms with E-state index in [9.17, 15) is 19.8 Å². The normalized spacial score (nSPS) is 13.0. The number of allylic oxidation sites excluding steroid dienone is 2. The van der Waals surface area contributed by atoms with Crippen LogP contribution in [-0.4, -0.2) is 60.4 Å². The molecule has 4 nitrogen and oxygen atoms in total. The third-order valence-corrected chi connectivity index (χ3v) is 2.80. The van der Waals surface area contributed by atoms with Crippen molar-refractivity contribution >= 4 is 72.9 Å². The van der Waals surface area contributed by atoms with Crippen molar-refractivity contribution < 1.29 is 19.8 Å². The minimum atomic E-state index is -1.04. The maximum atomic E-state index is 9.91. The van der Waals surface area contributed by atoms with Crippen LogP contribution in [0.4, 0.5) is 0 Å². The Labute approximate surface area is 178 Å². The summed E-state index contributed by atoms with van der Waals surface area (Å²) in [6.45, 7) is 3.82. The maximum absolute atomic E-state index is 9.91. The van der Waals surface area contributed by atoms with E-state index in [1.165, 1.54) is 0 Å². The summed E-state index contributed by atoms with van der Waals surface area (Å²) < 4.78 is 0. The number of rotatable bonds is 10. The molecule has 0 amide bonds. The molecule has 0 saturated carbocycles. The molecule has 0 aromatic rings.